The predicted octanol–water partition coefficient (Wildman–Crippen LogP) is 13.8. The highest BCUT2D eigenvalue weighted by atomic mass is 32.1. The van der Waals surface area contributed by atoms with E-state index in [1.807, 2.05) is 22.7 Å². The molecule has 1 nitrogen and oxygen atoms in total. The molecule has 0 bridgehead atoms. The minimum Gasteiger partial charge on any atom is -0.310 e. The van der Waals surface area contributed by atoms with Crippen LogP contribution >= 0.6 is 22.7 Å². The summed E-state index contributed by atoms with van der Waals surface area (Å²) in [6, 6.07) is 27.9. The first-order valence-corrected chi connectivity index (χ1v) is 18.5. The molecule has 0 unspecified atom stereocenters. The van der Waals surface area contributed by atoms with Gasteiger partial charge in [0.25, 0.3) is 0 Å². The maximum atomic E-state index is 2.46. The number of thiophene rings is 2. The standard InChI is InChI=1S/C41H49NS2/c1-6-8-10-12-14-33-24-26-43-40(33)35-16-20-37(21-17-35)42(39-31(4)28-30(3)29-32(39)5)38-22-18-36(19-23-38)41-34(25-27-44-41)15-13-11-9-7-2/h16-29H,6-15H2,1-5H3. The fourth-order valence-corrected chi connectivity index (χ4v) is 8.44. The summed E-state index contributed by atoms with van der Waals surface area (Å²) >= 11 is 3.75. The van der Waals surface area contributed by atoms with E-state index in [2.05, 4.69) is 123 Å². The fraction of sp³-hybridized carbons (Fsp3) is 0.366. The lowest BCUT2D eigenvalue weighted by Gasteiger charge is -2.29. The zero-order valence-corrected chi connectivity index (χ0v) is 29.1. The molecule has 44 heavy (non-hydrogen) atoms. The third kappa shape index (κ3) is 7.73. The Morgan fingerprint density at radius 1 is 0.523 bits per heavy atom. The molecule has 0 aliphatic carbocycles. The van der Waals surface area contributed by atoms with Crippen molar-refractivity contribution >= 4 is 39.7 Å². The van der Waals surface area contributed by atoms with Crippen LogP contribution in [0.4, 0.5) is 17.1 Å². The molecule has 0 saturated heterocycles. The van der Waals surface area contributed by atoms with Crippen molar-refractivity contribution in [1.82, 2.24) is 0 Å². The first-order chi connectivity index (χ1) is 21.5. The van der Waals surface area contributed by atoms with Crippen LogP contribution in [0.2, 0.25) is 0 Å². The van der Waals surface area contributed by atoms with E-state index >= 15 is 0 Å². The van der Waals surface area contributed by atoms with Gasteiger partial charge in [-0.3, -0.25) is 0 Å². The highest BCUT2D eigenvalue weighted by molar-refractivity contribution is 7.14. The maximum absolute atomic E-state index is 2.46. The van der Waals surface area contributed by atoms with Gasteiger partial charge in [-0.15, -0.1) is 22.7 Å². The van der Waals surface area contributed by atoms with Gasteiger partial charge >= 0.3 is 0 Å². The molecule has 0 aliphatic rings. The Hall–Kier alpha value is -3.14. The van der Waals surface area contributed by atoms with Gasteiger partial charge in [0.05, 0.1) is 5.69 Å². The van der Waals surface area contributed by atoms with E-state index in [1.165, 1.54) is 130 Å². The largest absolute Gasteiger partial charge is 0.310 e. The zero-order chi connectivity index (χ0) is 30.9. The van der Waals surface area contributed by atoms with Gasteiger partial charge in [0.1, 0.15) is 0 Å². The molecule has 3 heteroatoms. The molecular formula is C41H49NS2. The third-order valence-electron chi connectivity index (χ3n) is 8.73. The smallest absolute Gasteiger partial charge is 0.0520 e. The summed E-state index contributed by atoms with van der Waals surface area (Å²) in [5.74, 6) is 0. The lowest BCUT2D eigenvalue weighted by Crippen LogP contribution is -2.13. The molecule has 230 valence electrons. The summed E-state index contributed by atoms with van der Waals surface area (Å²) in [6.45, 7) is 11.3. The number of aryl methyl sites for hydroxylation is 5. The van der Waals surface area contributed by atoms with Crippen molar-refractivity contribution in [2.45, 2.75) is 98.8 Å². The monoisotopic (exact) mass is 619 g/mol. The molecular weight excluding hydrogens is 571 g/mol. The van der Waals surface area contributed by atoms with Gasteiger partial charge in [-0.05, 0) is 127 Å². The van der Waals surface area contributed by atoms with E-state index in [0.29, 0.717) is 0 Å². The summed E-state index contributed by atoms with van der Waals surface area (Å²) in [6.07, 6.45) is 12.8. The summed E-state index contributed by atoms with van der Waals surface area (Å²) in [5, 5.41) is 4.52. The van der Waals surface area contributed by atoms with Crippen LogP contribution in [-0.2, 0) is 12.8 Å². The van der Waals surface area contributed by atoms with Crippen molar-refractivity contribution in [3.05, 3.63) is 111 Å². The predicted molar refractivity (Wildman–Crippen MR) is 198 cm³/mol. The van der Waals surface area contributed by atoms with Crippen LogP contribution in [0.5, 0.6) is 0 Å². The molecule has 0 spiro atoms. The molecule has 5 rings (SSSR count). The Bertz CT molecular complexity index is 1490. The molecule has 0 amide bonds. The normalized spacial score (nSPS) is 11.3. The van der Waals surface area contributed by atoms with Gasteiger partial charge in [-0.1, -0.05) is 94.3 Å². The second-order valence-corrected chi connectivity index (χ2v) is 14.2. The summed E-state index contributed by atoms with van der Waals surface area (Å²) in [7, 11) is 0. The SMILES string of the molecule is CCCCCCc1ccsc1-c1ccc(N(c2ccc(-c3sccc3CCCCCC)cc2)c2c(C)cc(C)cc2C)cc1. The molecule has 0 N–H and O–H groups in total. The number of hydrogen-bond acceptors (Lipinski definition) is 3. The first-order valence-electron chi connectivity index (χ1n) is 16.7. The molecule has 2 aromatic heterocycles. The van der Waals surface area contributed by atoms with Crippen molar-refractivity contribution in [2.75, 3.05) is 4.90 Å². The fourth-order valence-electron chi connectivity index (χ4n) is 6.51. The summed E-state index contributed by atoms with van der Waals surface area (Å²) in [5.41, 5.74) is 13.2. The van der Waals surface area contributed by atoms with E-state index in [1.54, 1.807) is 0 Å². The van der Waals surface area contributed by atoms with Crippen molar-refractivity contribution in [1.29, 1.82) is 0 Å². The zero-order valence-electron chi connectivity index (χ0n) is 27.4. The number of hydrogen-bond donors (Lipinski definition) is 0. The molecule has 2 heterocycles. The van der Waals surface area contributed by atoms with Gasteiger partial charge in [-0.25, -0.2) is 0 Å². The summed E-state index contributed by atoms with van der Waals surface area (Å²) < 4.78 is 0. The van der Waals surface area contributed by atoms with Crippen LogP contribution < -0.4 is 4.90 Å². The van der Waals surface area contributed by atoms with Crippen molar-refractivity contribution in [3.63, 3.8) is 0 Å². The van der Waals surface area contributed by atoms with Gasteiger partial charge in [-0.2, -0.15) is 0 Å². The average molecular weight is 620 g/mol. The van der Waals surface area contributed by atoms with E-state index in [-0.39, 0.29) is 0 Å². The number of benzene rings is 3. The second-order valence-electron chi connectivity index (χ2n) is 12.3. The molecule has 0 fully saturated rings. The third-order valence-corrected chi connectivity index (χ3v) is 10.7. The topological polar surface area (TPSA) is 3.24 Å². The van der Waals surface area contributed by atoms with Gasteiger partial charge in [0, 0.05) is 21.1 Å². The van der Waals surface area contributed by atoms with E-state index in [4.69, 9.17) is 0 Å². The highest BCUT2D eigenvalue weighted by Gasteiger charge is 2.19. The van der Waals surface area contributed by atoms with Crippen LogP contribution in [0.1, 0.15) is 93.0 Å². The quantitative estimate of drug-likeness (QED) is 0.105. The second kappa shape index (κ2) is 15.7. The number of anilines is 3. The van der Waals surface area contributed by atoms with Crippen LogP contribution in [0.25, 0.3) is 20.9 Å². The van der Waals surface area contributed by atoms with Gasteiger partial charge < -0.3 is 4.90 Å². The molecule has 0 atom stereocenters. The van der Waals surface area contributed by atoms with Crippen LogP contribution in [0.15, 0.2) is 83.6 Å². The Kier molecular flexibility index (Phi) is 11.5. The lowest BCUT2D eigenvalue weighted by molar-refractivity contribution is 0.668. The van der Waals surface area contributed by atoms with Gasteiger partial charge in [0.2, 0.25) is 0 Å². The average Bonchev–Trinajstić information content (AvgIpc) is 3.70. The summed E-state index contributed by atoms with van der Waals surface area (Å²) in [4.78, 5) is 5.30. The number of nitrogens with zero attached hydrogens (tertiary/aromatic N) is 1. The van der Waals surface area contributed by atoms with E-state index in [9.17, 15) is 0 Å². The van der Waals surface area contributed by atoms with Crippen LogP contribution in [0.3, 0.4) is 0 Å². The van der Waals surface area contributed by atoms with Crippen molar-refractivity contribution < 1.29 is 0 Å². The minimum absolute atomic E-state index is 1.17. The molecule has 3 aromatic carbocycles. The molecule has 0 saturated carbocycles. The van der Waals surface area contributed by atoms with Crippen molar-refractivity contribution in [2.24, 2.45) is 0 Å². The van der Waals surface area contributed by atoms with E-state index < -0.39 is 0 Å². The number of rotatable bonds is 15. The Balaban J connectivity index is 1.45. The van der Waals surface area contributed by atoms with E-state index in [0.717, 1.165) is 0 Å². The molecule has 0 aliphatic heterocycles. The van der Waals surface area contributed by atoms with Gasteiger partial charge in [0.15, 0.2) is 0 Å². The van der Waals surface area contributed by atoms with Crippen LogP contribution in [0, 0.1) is 20.8 Å². The first kappa shape index (κ1) is 32.3. The number of unbranched alkanes of at least 4 members (excludes halogenated alkanes) is 6. The minimum atomic E-state index is 1.17. The molecule has 5 aromatic rings. The van der Waals surface area contributed by atoms with Crippen LogP contribution in [-0.4, -0.2) is 0 Å². The highest BCUT2D eigenvalue weighted by Crippen LogP contribution is 2.42. The molecule has 0 radical (unpaired) electrons. The van der Waals surface area contributed by atoms with Crippen molar-refractivity contribution in [3.8, 4) is 20.9 Å². The maximum Gasteiger partial charge on any atom is 0.0520 e. The Labute approximate surface area is 274 Å². The lowest BCUT2D eigenvalue weighted by atomic mass is 10.0. The Morgan fingerprint density at radius 2 is 0.955 bits per heavy atom. The Morgan fingerprint density at radius 3 is 1.36 bits per heavy atom.